The van der Waals surface area contributed by atoms with Gasteiger partial charge in [-0.05, 0) is 60.9 Å². The highest BCUT2D eigenvalue weighted by atomic mass is 16.1. The van der Waals surface area contributed by atoms with E-state index in [4.69, 9.17) is 0 Å². The average Bonchev–Trinajstić information content (AvgIpc) is 2.63. The first-order chi connectivity index (χ1) is 11.6. The zero-order valence-corrected chi connectivity index (χ0v) is 13.8. The van der Waals surface area contributed by atoms with E-state index in [2.05, 4.69) is 16.5 Å². The standard InChI is InChI=1S/C21H18N2O/c1-14-13-18(21(24)20-9-5-7-11-23-20)15(2)12-17(14)16(3)19-8-4-6-10-22-19/h4-13H,3H2,1-2H3. The average molecular weight is 314 g/mol. The molecule has 1 aromatic carbocycles. The number of rotatable bonds is 4. The molecule has 0 saturated heterocycles. The Morgan fingerprint density at radius 3 is 1.96 bits per heavy atom. The Hall–Kier alpha value is -3.07. The summed E-state index contributed by atoms with van der Waals surface area (Å²) in [6, 6.07) is 15.0. The number of hydrogen-bond donors (Lipinski definition) is 0. The molecule has 118 valence electrons. The molecule has 0 unspecified atom stereocenters. The summed E-state index contributed by atoms with van der Waals surface area (Å²) in [5.41, 5.74) is 5.72. The molecule has 0 amide bonds. The third-order valence-electron chi connectivity index (χ3n) is 4.01. The molecule has 0 atom stereocenters. The summed E-state index contributed by atoms with van der Waals surface area (Å²) in [6.07, 6.45) is 3.38. The fourth-order valence-electron chi connectivity index (χ4n) is 2.70. The van der Waals surface area contributed by atoms with Gasteiger partial charge in [0.1, 0.15) is 5.69 Å². The van der Waals surface area contributed by atoms with Gasteiger partial charge in [-0.25, -0.2) is 0 Å². The van der Waals surface area contributed by atoms with Crippen molar-refractivity contribution < 1.29 is 4.79 Å². The van der Waals surface area contributed by atoms with Crippen molar-refractivity contribution in [2.75, 3.05) is 0 Å². The Bertz CT molecular complexity index is 823. The minimum Gasteiger partial charge on any atom is -0.287 e. The number of aromatic nitrogens is 2. The molecule has 2 heterocycles. The van der Waals surface area contributed by atoms with Crippen LogP contribution in [0.2, 0.25) is 0 Å². The highest BCUT2D eigenvalue weighted by molar-refractivity contribution is 6.09. The van der Waals surface area contributed by atoms with Crippen LogP contribution >= 0.6 is 0 Å². The van der Waals surface area contributed by atoms with Gasteiger partial charge in [0.25, 0.3) is 0 Å². The Labute approximate surface area is 141 Å². The van der Waals surface area contributed by atoms with Crippen LogP contribution in [-0.2, 0) is 0 Å². The van der Waals surface area contributed by atoms with E-state index < -0.39 is 0 Å². The quantitative estimate of drug-likeness (QED) is 0.671. The van der Waals surface area contributed by atoms with Crippen LogP contribution < -0.4 is 0 Å². The molecule has 0 N–H and O–H groups in total. The van der Waals surface area contributed by atoms with Gasteiger partial charge in [0, 0.05) is 23.5 Å². The molecule has 0 aliphatic heterocycles. The zero-order chi connectivity index (χ0) is 17.1. The van der Waals surface area contributed by atoms with E-state index in [1.807, 2.05) is 50.2 Å². The van der Waals surface area contributed by atoms with Gasteiger partial charge in [0.2, 0.25) is 5.78 Å². The van der Waals surface area contributed by atoms with E-state index >= 15 is 0 Å². The van der Waals surface area contributed by atoms with Crippen LogP contribution in [0.15, 0.2) is 67.5 Å². The molecular formula is C21H18N2O. The van der Waals surface area contributed by atoms with Gasteiger partial charge in [0.05, 0.1) is 5.69 Å². The van der Waals surface area contributed by atoms with Crippen LogP contribution in [0.3, 0.4) is 0 Å². The van der Waals surface area contributed by atoms with E-state index in [1.165, 1.54) is 0 Å². The molecule has 3 nitrogen and oxygen atoms in total. The highest BCUT2D eigenvalue weighted by Gasteiger charge is 2.16. The van der Waals surface area contributed by atoms with E-state index in [-0.39, 0.29) is 5.78 Å². The van der Waals surface area contributed by atoms with Gasteiger partial charge in [-0.15, -0.1) is 0 Å². The van der Waals surface area contributed by atoms with Crippen LogP contribution in [0.4, 0.5) is 0 Å². The predicted molar refractivity (Wildman–Crippen MR) is 96.0 cm³/mol. The lowest BCUT2D eigenvalue weighted by atomic mass is 9.92. The van der Waals surface area contributed by atoms with Crippen molar-refractivity contribution in [2.24, 2.45) is 0 Å². The molecule has 0 fully saturated rings. The molecule has 0 saturated carbocycles. The summed E-state index contributed by atoms with van der Waals surface area (Å²) in [4.78, 5) is 21.2. The number of aryl methyl sites for hydroxylation is 2. The number of benzene rings is 1. The van der Waals surface area contributed by atoms with E-state index in [9.17, 15) is 4.79 Å². The number of carbonyl (C=O) groups is 1. The first-order valence-electron chi connectivity index (χ1n) is 7.75. The van der Waals surface area contributed by atoms with Crippen molar-refractivity contribution in [3.63, 3.8) is 0 Å². The fourth-order valence-corrected chi connectivity index (χ4v) is 2.70. The van der Waals surface area contributed by atoms with Crippen molar-refractivity contribution in [2.45, 2.75) is 13.8 Å². The van der Waals surface area contributed by atoms with Crippen molar-refractivity contribution in [1.82, 2.24) is 9.97 Å². The Morgan fingerprint density at radius 2 is 1.38 bits per heavy atom. The van der Waals surface area contributed by atoms with Crippen LogP contribution in [0, 0.1) is 13.8 Å². The molecule has 0 aliphatic rings. The number of pyridine rings is 2. The van der Waals surface area contributed by atoms with Gasteiger partial charge in [-0.1, -0.05) is 24.8 Å². The third kappa shape index (κ3) is 3.01. The number of hydrogen-bond acceptors (Lipinski definition) is 3. The SMILES string of the molecule is C=C(c1ccccn1)c1cc(C)c(C(=O)c2ccccn2)cc1C. The second-order valence-corrected chi connectivity index (χ2v) is 5.72. The topological polar surface area (TPSA) is 42.9 Å². The number of carbonyl (C=O) groups excluding carboxylic acids is 1. The Kier molecular flexibility index (Phi) is 4.34. The minimum atomic E-state index is -0.0637. The summed E-state index contributed by atoms with van der Waals surface area (Å²) in [5, 5.41) is 0. The van der Waals surface area contributed by atoms with E-state index in [1.54, 1.807) is 24.5 Å². The van der Waals surface area contributed by atoms with E-state index in [0.717, 1.165) is 28.0 Å². The second kappa shape index (κ2) is 6.59. The monoisotopic (exact) mass is 314 g/mol. The lowest BCUT2D eigenvalue weighted by Crippen LogP contribution is -2.07. The van der Waals surface area contributed by atoms with Gasteiger partial charge < -0.3 is 0 Å². The molecule has 0 spiro atoms. The van der Waals surface area contributed by atoms with Crippen molar-refractivity contribution >= 4 is 11.4 Å². The summed E-state index contributed by atoms with van der Waals surface area (Å²) in [7, 11) is 0. The second-order valence-electron chi connectivity index (χ2n) is 5.72. The number of nitrogens with zero attached hydrogens (tertiary/aromatic N) is 2. The summed E-state index contributed by atoms with van der Waals surface area (Å²) >= 11 is 0. The van der Waals surface area contributed by atoms with Crippen molar-refractivity contribution in [3.05, 3.63) is 101 Å². The van der Waals surface area contributed by atoms with Gasteiger partial charge >= 0.3 is 0 Å². The largest absolute Gasteiger partial charge is 0.287 e. The van der Waals surface area contributed by atoms with Gasteiger partial charge in [-0.3, -0.25) is 14.8 Å². The normalized spacial score (nSPS) is 10.4. The van der Waals surface area contributed by atoms with Gasteiger partial charge in [-0.2, -0.15) is 0 Å². The molecule has 3 rings (SSSR count). The third-order valence-corrected chi connectivity index (χ3v) is 4.01. The van der Waals surface area contributed by atoms with Crippen LogP contribution in [0.1, 0.15) is 38.4 Å². The van der Waals surface area contributed by atoms with Crippen molar-refractivity contribution in [1.29, 1.82) is 0 Å². The number of ketones is 1. The van der Waals surface area contributed by atoms with Crippen LogP contribution in [-0.4, -0.2) is 15.8 Å². The molecule has 0 aliphatic carbocycles. The fraction of sp³-hybridized carbons (Fsp3) is 0.0952. The van der Waals surface area contributed by atoms with Crippen LogP contribution in [0.5, 0.6) is 0 Å². The molecular weight excluding hydrogens is 296 g/mol. The molecule has 0 bridgehead atoms. The van der Waals surface area contributed by atoms with Gasteiger partial charge in [0.15, 0.2) is 0 Å². The maximum atomic E-state index is 12.7. The van der Waals surface area contributed by atoms with Crippen LogP contribution in [0.25, 0.3) is 5.57 Å². The minimum absolute atomic E-state index is 0.0637. The maximum absolute atomic E-state index is 12.7. The molecule has 0 radical (unpaired) electrons. The smallest absolute Gasteiger partial charge is 0.211 e. The maximum Gasteiger partial charge on any atom is 0.211 e. The highest BCUT2D eigenvalue weighted by Crippen LogP contribution is 2.27. The summed E-state index contributed by atoms with van der Waals surface area (Å²) in [6.45, 7) is 8.09. The van der Waals surface area contributed by atoms with E-state index in [0.29, 0.717) is 11.3 Å². The molecule has 2 aromatic heterocycles. The lowest BCUT2D eigenvalue weighted by Gasteiger charge is -2.13. The zero-order valence-electron chi connectivity index (χ0n) is 13.8. The lowest BCUT2D eigenvalue weighted by molar-refractivity contribution is 0.103. The molecule has 3 aromatic rings. The Balaban J connectivity index is 2.01. The molecule has 24 heavy (non-hydrogen) atoms. The Morgan fingerprint density at radius 1 is 0.833 bits per heavy atom. The summed E-state index contributed by atoms with van der Waals surface area (Å²) in [5.74, 6) is -0.0637. The predicted octanol–water partition coefficient (Wildman–Crippen LogP) is 4.39. The summed E-state index contributed by atoms with van der Waals surface area (Å²) < 4.78 is 0. The first kappa shape index (κ1) is 15.8. The first-order valence-corrected chi connectivity index (χ1v) is 7.75. The van der Waals surface area contributed by atoms with Crippen molar-refractivity contribution in [3.8, 4) is 0 Å². The molecule has 3 heteroatoms.